The van der Waals surface area contributed by atoms with Gasteiger partial charge in [0.1, 0.15) is 18.2 Å². The highest BCUT2D eigenvalue weighted by Crippen LogP contribution is 2.32. The van der Waals surface area contributed by atoms with Crippen LogP contribution in [-0.2, 0) is 16.2 Å². The first-order valence-corrected chi connectivity index (χ1v) is 13.7. The van der Waals surface area contributed by atoms with Crippen molar-refractivity contribution in [3.63, 3.8) is 0 Å². The molecule has 1 saturated heterocycles. The third-order valence-corrected chi connectivity index (χ3v) is 8.12. The fourth-order valence-electron chi connectivity index (χ4n) is 3.63. The number of piperazine rings is 1. The zero-order valence-corrected chi connectivity index (χ0v) is 22.4. The topological polar surface area (TPSA) is 114 Å². The molecule has 0 unspecified atom stereocenters. The van der Waals surface area contributed by atoms with Crippen LogP contribution in [0.15, 0.2) is 59.5 Å². The summed E-state index contributed by atoms with van der Waals surface area (Å²) in [5, 5.41) is 2.89. The van der Waals surface area contributed by atoms with Gasteiger partial charge in [-0.05, 0) is 71.1 Å². The summed E-state index contributed by atoms with van der Waals surface area (Å²) in [6.45, 7) is 1.03. The lowest BCUT2D eigenvalue weighted by molar-refractivity contribution is -0.141. The summed E-state index contributed by atoms with van der Waals surface area (Å²) in [6.07, 6.45) is -4.68. The van der Waals surface area contributed by atoms with Crippen LogP contribution in [0.5, 0.6) is 5.75 Å². The lowest BCUT2D eigenvalue weighted by atomic mass is 10.3. The number of aromatic nitrogens is 2. The quantitative estimate of drug-likeness (QED) is 0.356. The van der Waals surface area contributed by atoms with Gasteiger partial charge in [0.2, 0.25) is 16.0 Å². The molecule has 9 nitrogen and oxygen atoms in total. The summed E-state index contributed by atoms with van der Waals surface area (Å²) in [7, 11) is -3.80. The van der Waals surface area contributed by atoms with Gasteiger partial charge in [-0.3, -0.25) is 0 Å². The number of hydrogen-bond donors (Lipinski definition) is 2. The molecule has 0 spiro atoms. The molecule has 3 N–H and O–H groups in total. The standard InChI is InChI=1S/C23H24F3IN6O3S/c24-23(25,26)20-15-21(29-17-3-1-16(27)2-4-17)31-22(30-20)32-10-12-33(13-11-32)37(34,35)19-7-5-18(6-8-19)36-14-9-28/h1-8,15H,9-14,28H2,(H,29,30,31). The Morgan fingerprint density at radius 3 is 2.24 bits per heavy atom. The summed E-state index contributed by atoms with van der Waals surface area (Å²) >= 11 is 2.13. The predicted molar refractivity (Wildman–Crippen MR) is 141 cm³/mol. The molecule has 1 aliphatic rings. The van der Waals surface area contributed by atoms with Crippen molar-refractivity contribution >= 4 is 50.1 Å². The van der Waals surface area contributed by atoms with Crippen LogP contribution in [0.1, 0.15) is 5.69 Å². The average molecular weight is 648 g/mol. The van der Waals surface area contributed by atoms with Crippen LogP contribution in [0.2, 0.25) is 0 Å². The van der Waals surface area contributed by atoms with E-state index in [0.29, 0.717) is 24.6 Å². The number of alkyl halides is 3. The van der Waals surface area contributed by atoms with E-state index in [1.54, 1.807) is 29.2 Å². The highest BCUT2D eigenvalue weighted by molar-refractivity contribution is 14.1. The van der Waals surface area contributed by atoms with Gasteiger partial charge in [0.25, 0.3) is 0 Å². The molecule has 1 aromatic heterocycles. The number of hydrogen-bond acceptors (Lipinski definition) is 8. The van der Waals surface area contributed by atoms with E-state index >= 15 is 0 Å². The zero-order valence-electron chi connectivity index (χ0n) is 19.4. The first kappa shape index (κ1) is 27.3. The number of ether oxygens (including phenoxy) is 1. The minimum atomic E-state index is -4.68. The molecule has 0 amide bonds. The molecule has 2 heterocycles. The van der Waals surface area contributed by atoms with Crippen LogP contribution in [0.3, 0.4) is 0 Å². The van der Waals surface area contributed by atoms with Crippen molar-refractivity contribution in [2.75, 3.05) is 49.5 Å². The van der Waals surface area contributed by atoms with Gasteiger partial charge in [0, 0.05) is 48.0 Å². The van der Waals surface area contributed by atoms with Crippen LogP contribution >= 0.6 is 22.6 Å². The first-order valence-electron chi connectivity index (χ1n) is 11.2. The number of benzene rings is 2. The van der Waals surface area contributed by atoms with E-state index in [9.17, 15) is 21.6 Å². The largest absolute Gasteiger partial charge is 0.492 e. The monoisotopic (exact) mass is 648 g/mol. The van der Waals surface area contributed by atoms with Gasteiger partial charge in [-0.1, -0.05) is 0 Å². The Bertz CT molecular complexity index is 1320. The summed E-state index contributed by atoms with van der Waals surface area (Å²) < 4.78 is 74.5. The van der Waals surface area contributed by atoms with E-state index in [1.807, 2.05) is 12.1 Å². The van der Waals surface area contributed by atoms with E-state index in [-0.39, 0.29) is 42.8 Å². The summed E-state index contributed by atoms with van der Waals surface area (Å²) in [5.74, 6) is 0.373. The number of sulfonamides is 1. The van der Waals surface area contributed by atoms with Gasteiger partial charge in [0.15, 0.2) is 5.69 Å². The van der Waals surface area contributed by atoms with Crippen molar-refractivity contribution in [2.24, 2.45) is 5.73 Å². The first-order chi connectivity index (χ1) is 17.6. The van der Waals surface area contributed by atoms with Crippen LogP contribution < -0.4 is 20.7 Å². The highest BCUT2D eigenvalue weighted by Gasteiger charge is 2.35. The Kier molecular flexibility index (Phi) is 8.40. The smallest absolute Gasteiger partial charge is 0.433 e. The Morgan fingerprint density at radius 2 is 1.65 bits per heavy atom. The van der Waals surface area contributed by atoms with Crippen LogP contribution in [0.25, 0.3) is 0 Å². The Hall–Kier alpha value is -2.69. The summed E-state index contributed by atoms with van der Waals surface area (Å²) in [4.78, 5) is 9.64. The second kappa shape index (κ2) is 11.4. The molecule has 0 aliphatic carbocycles. The van der Waals surface area contributed by atoms with Gasteiger partial charge < -0.3 is 20.7 Å². The molecule has 3 aromatic rings. The number of anilines is 3. The minimum absolute atomic E-state index is 0.00877. The average Bonchev–Trinajstić information content (AvgIpc) is 2.88. The van der Waals surface area contributed by atoms with Gasteiger partial charge >= 0.3 is 6.18 Å². The number of nitrogens with zero attached hydrogens (tertiary/aromatic N) is 4. The van der Waals surface area contributed by atoms with E-state index in [4.69, 9.17) is 10.5 Å². The molecule has 0 radical (unpaired) electrons. The lowest BCUT2D eigenvalue weighted by Gasteiger charge is -2.34. The van der Waals surface area contributed by atoms with E-state index < -0.39 is 21.9 Å². The highest BCUT2D eigenvalue weighted by atomic mass is 127. The summed E-state index contributed by atoms with van der Waals surface area (Å²) in [5.41, 5.74) is 4.90. The molecule has 0 atom stereocenters. The van der Waals surface area contributed by atoms with E-state index in [0.717, 1.165) is 9.64 Å². The maximum absolute atomic E-state index is 13.6. The van der Waals surface area contributed by atoms with E-state index in [2.05, 4.69) is 37.9 Å². The number of halogens is 4. The molecular formula is C23H24F3IN6O3S. The lowest BCUT2D eigenvalue weighted by Crippen LogP contribution is -2.49. The predicted octanol–water partition coefficient (Wildman–Crippen LogP) is 3.69. The molecule has 14 heteroatoms. The molecular weight excluding hydrogens is 624 g/mol. The fraction of sp³-hybridized carbons (Fsp3) is 0.304. The van der Waals surface area contributed by atoms with Crippen molar-refractivity contribution in [2.45, 2.75) is 11.1 Å². The maximum atomic E-state index is 13.6. The van der Waals surface area contributed by atoms with Crippen LogP contribution in [0, 0.1) is 3.57 Å². The molecule has 1 fully saturated rings. The fourth-order valence-corrected chi connectivity index (χ4v) is 5.41. The van der Waals surface area contributed by atoms with Crippen molar-refractivity contribution in [3.05, 3.63) is 63.9 Å². The van der Waals surface area contributed by atoms with Crippen molar-refractivity contribution in [1.82, 2.24) is 14.3 Å². The Balaban J connectivity index is 1.49. The minimum Gasteiger partial charge on any atom is -0.492 e. The third-order valence-electron chi connectivity index (χ3n) is 5.49. The number of nitrogens with two attached hydrogens (primary N) is 1. The molecule has 0 saturated carbocycles. The van der Waals surface area contributed by atoms with Gasteiger partial charge in [0.05, 0.1) is 4.90 Å². The van der Waals surface area contributed by atoms with Crippen molar-refractivity contribution in [3.8, 4) is 5.75 Å². The molecule has 37 heavy (non-hydrogen) atoms. The second-order valence-corrected chi connectivity index (χ2v) is 11.3. The van der Waals surface area contributed by atoms with E-state index in [1.165, 1.54) is 16.4 Å². The van der Waals surface area contributed by atoms with Crippen LogP contribution in [-0.4, -0.2) is 62.0 Å². The normalized spacial score (nSPS) is 15.0. The Morgan fingerprint density at radius 1 is 1.00 bits per heavy atom. The second-order valence-electron chi connectivity index (χ2n) is 8.07. The van der Waals surface area contributed by atoms with Crippen molar-refractivity contribution in [1.29, 1.82) is 0 Å². The third kappa shape index (κ3) is 6.80. The molecule has 2 aromatic carbocycles. The SMILES string of the molecule is NCCOc1ccc(S(=O)(=O)N2CCN(c3nc(Nc4ccc(I)cc4)cc(C(F)(F)F)n3)CC2)cc1. The number of rotatable bonds is 8. The summed E-state index contributed by atoms with van der Waals surface area (Å²) in [6, 6.07) is 14.0. The van der Waals surface area contributed by atoms with Gasteiger partial charge in [-0.15, -0.1) is 0 Å². The molecule has 1 aliphatic heterocycles. The molecule has 198 valence electrons. The molecule has 4 rings (SSSR count). The van der Waals surface area contributed by atoms with Crippen molar-refractivity contribution < 1.29 is 26.3 Å². The zero-order chi connectivity index (χ0) is 26.6. The van der Waals surface area contributed by atoms with Gasteiger partial charge in [-0.2, -0.15) is 22.5 Å². The number of nitrogens with one attached hydrogen (secondary N) is 1. The maximum Gasteiger partial charge on any atom is 0.433 e. The van der Waals surface area contributed by atoms with Gasteiger partial charge in [-0.25, -0.2) is 13.4 Å². The molecule has 0 bridgehead atoms. The van der Waals surface area contributed by atoms with Crippen LogP contribution in [0.4, 0.5) is 30.6 Å². The Labute approximate surface area is 226 Å².